The third kappa shape index (κ3) is 4.82. The van der Waals surface area contributed by atoms with Crippen LogP contribution in [-0.4, -0.2) is 63.2 Å². The van der Waals surface area contributed by atoms with E-state index in [0.717, 1.165) is 31.8 Å². The quantitative estimate of drug-likeness (QED) is 0.798. The first kappa shape index (κ1) is 19.3. The third-order valence-electron chi connectivity index (χ3n) is 5.74. The van der Waals surface area contributed by atoms with Crippen LogP contribution in [0, 0.1) is 12.8 Å². The van der Waals surface area contributed by atoms with Crippen molar-refractivity contribution in [2.45, 2.75) is 70.4 Å². The van der Waals surface area contributed by atoms with E-state index in [9.17, 15) is 9.90 Å². The fourth-order valence-electron chi connectivity index (χ4n) is 4.38. The second-order valence-corrected chi connectivity index (χ2v) is 8.13. The number of aromatic nitrogens is 2. The molecule has 7 nitrogen and oxygen atoms in total. The van der Waals surface area contributed by atoms with Gasteiger partial charge in [0.15, 0.2) is 11.4 Å². The molecule has 1 saturated heterocycles. The Morgan fingerprint density at radius 2 is 2.08 bits per heavy atom. The van der Waals surface area contributed by atoms with Crippen molar-refractivity contribution in [3.63, 3.8) is 0 Å². The van der Waals surface area contributed by atoms with Crippen molar-refractivity contribution in [2.75, 3.05) is 26.7 Å². The Hall–Kier alpha value is -1.47. The molecule has 1 aliphatic heterocycles. The zero-order valence-corrected chi connectivity index (χ0v) is 16.1. The Bertz CT molecular complexity index is 599. The predicted molar refractivity (Wildman–Crippen MR) is 97.3 cm³/mol. The molecule has 0 radical (unpaired) electrons. The first-order chi connectivity index (χ1) is 12.5. The number of amides is 1. The van der Waals surface area contributed by atoms with E-state index in [1.54, 1.807) is 6.92 Å². The van der Waals surface area contributed by atoms with Crippen LogP contribution in [0.5, 0.6) is 0 Å². The summed E-state index contributed by atoms with van der Waals surface area (Å²) < 4.78 is 5.13. The summed E-state index contributed by atoms with van der Waals surface area (Å²) in [5.74, 6) is 1.73. The zero-order valence-electron chi connectivity index (χ0n) is 16.1. The number of aryl methyl sites for hydroxylation is 1. The smallest absolute Gasteiger partial charge is 0.255 e. The molecule has 146 valence electrons. The molecule has 0 spiro atoms. The number of aliphatic hydroxyl groups is 1. The van der Waals surface area contributed by atoms with Gasteiger partial charge in [-0.2, -0.15) is 4.98 Å². The Morgan fingerprint density at radius 3 is 2.77 bits per heavy atom. The van der Waals surface area contributed by atoms with E-state index in [1.165, 1.54) is 32.1 Å². The van der Waals surface area contributed by atoms with Crippen molar-refractivity contribution in [2.24, 2.45) is 5.92 Å². The van der Waals surface area contributed by atoms with Crippen molar-refractivity contribution >= 4 is 5.91 Å². The van der Waals surface area contributed by atoms with Crippen molar-refractivity contribution < 1.29 is 14.4 Å². The summed E-state index contributed by atoms with van der Waals surface area (Å²) in [5, 5.41) is 14.8. The lowest BCUT2D eigenvalue weighted by Gasteiger charge is -2.40. The summed E-state index contributed by atoms with van der Waals surface area (Å²) in [7, 11) is 1.87. The monoisotopic (exact) mass is 364 g/mol. The Kier molecular flexibility index (Phi) is 6.29. The van der Waals surface area contributed by atoms with Crippen molar-refractivity contribution in [3.8, 4) is 0 Å². The summed E-state index contributed by atoms with van der Waals surface area (Å²) in [4.78, 5) is 20.9. The third-order valence-corrected chi connectivity index (χ3v) is 5.74. The standard InChI is InChI=1S/C19H32N4O3/c1-15-20-17(26-21-15)13-22(2)14-19(25)10-6-11-23(18(19)24)12-9-16-7-4-3-5-8-16/h16,25H,3-14H2,1-2H3. The lowest BCUT2D eigenvalue weighted by molar-refractivity contribution is -0.159. The molecule has 0 bridgehead atoms. The van der Waals surface area contributed by atoms with Gasteiger partial charge in [0.05, 0.1) is 6.54 Å². The number of likely N-dealkylation sites (tertiary alicyclic amines) is 1. The number of hydrogen-bond donors (Lipinski definition) is 1. The number of rotatable bonds is 7. The molecule has 0 aromatic carbocycles. The minimum Gasteiger partial charge on any atom is -0.379 e. The van der Waals surface area contributed by atoms with Crippen LogP contribution in [0.15, 0.2) is 4.52 Å². The molecule has 1 N–H and O–H groups in total. The molecule has 3 rings (SSSR count). The normalized spacial score (nSPS) is 25.2. The highest BCUT2D eigenvalue weighted by Crippen LogP contribution is 2.29. The molecule has 1 unspecified atom stereocenters. The van der Waals surface area contributed by atoms with E-state index in [-0.39, 0.29) is 12.5 Å². The van der Waals surface area contributed by atoms with Crippen molar-refractivity contribution in [1.29, 1.82) is 0 Å². The van der Waals surface area contributed by atoms with Crippen LogP contribution in [0.1, 0.15) is 63.1 Å². The molecule has 1 amide bonds. The topological polar surface area (TPSA) is 82.7 Å². The summed E-state index contributed by atoms with van der Waals surface area (Å²) in [6.45, 7) is 4.03. The van der Waals surface area contributed by atoms with Crippen LogP contribution in [0.25, 0.3) is 0 Å². The fourth-order valence-corrected chi connectivity index (χ4v) is 4.38. The molecule has 1 atom stereocenters. The molecule has 2 heterocycles. The zero-order chi connectivity index (χ0) is 18.6. The summed E-state index contributed by atoms with van der Waals surface area (Å²) >= 11 is 0. The highest BCUT2D eigenvalue weighted by Gasteiger charge is 2.43. The number of carbonyl (C=O) groups is 1. The van der Waals surface area contributed by atoms with E-state index < -0.39 is 5.60 Å². The van der Waals surface area contributed by atoms with Gasteiger partial charge in [0.1, 0.15) is 0 Å². The lowest BCUT2D eigenvalue weighted by atomic mass is 9.86. The van der Waals surface area contributed by atoms with Crippen LogP contribution in [0.3, 0.4) is 0 Å². The summed E-state index contributed by atoms with van der Waals surface area (Å²) in [6, 6.07) is 0. The van der Waals surface area contributed by atoms with Gasteiger partial charge in [-0.05, 0) is 39.2 Å². The molecule has 2 aliphatic rings. The SMILES string of the molecule is Cc1noc(CN(C)CC2(O)CCCN(CCC3CCCCC3)C2=O)n1. The highest BCUT2D eigenvalue weighted by molar-refractivity contribution is 5.86. The number of carbonyl (C=O) groups excluding carboxylic acids is 1. The van der Waals surface area contributed by atoms with Gasteiger partial charge in [-0.25, -0.2) is 0 Å². The van der Waals surface area contributed by atoms with Crippen LogP contribution in [0.2, 0.25) is 0 Å². The van der Waals surface area contributed by atoms with E-state index in [1.807, 2.05) is 16.8 Å². The predicted octanol–water partition coefficient (Wildman–Crippen LogP) is 2.13. The van der Waals surface area contributed by atoms with Crippen molar-refractivity contribution in [1.82, 2.24) is 19.9 Å². The Balaban J connectivity index is 1.52. The van der Waals surface area contributed by atoms with Crippen LogP contribution in [0.4, 0.5) is 0 Å². The maximum absolute atomic E-state index is 12.9. The summed E-state index contributed by atoms with van der Waals surface area (Å²) in [5.41, 5.74) is -1.31. The number of nitrogens with zero attached hydrogens (tertiary/aromatic N) is 4. The van der Waals surface area contributed by atoms with Gasteiger partial charge in [-0.3, -0.25) is 9.69 Å². The van der Waals surface area contributed by atoms with Gasteiger partial charge in [0.25, 0.3) is 5.91 Å². The second kappa shape index (κ2) is 8.48. The fraction of sp³-hybridized carbons (Fsp3) is 0.842. The van der Waals surface area contributed by atoms with Gasteiger partial charge in [-0.15, -0.1) is 0 Å². The minimum absolute atomic E-state index is 0.117. The molecule has 1 aromatic rings. The van der Waals surface area contributed by atoms with E-state index in [4.69, 9.17) is 4.52 Å². The molecule has 26 heavy (non-hydrogen) atoms. The lowest BCUT2D eigenvalue weighted by Crippen LogP contribution is -2.58. The maximum Gasteiger partial charge on any atom is 0.255 e. The van der Waals surface area contributed by atoms with Crippen molar-refractivity contribution in [3.05, 3.63) is 11.7 Å². The molecule has 2 fully saturated rings. The summed E-state index contributed by atoms with van der Waals surface area (Å²) in [6.07, 6.45) is 9.01. The van der Waals surface area contributed by atoms with Gasteiger partial charge in [0.2, 0.25) is 5.89 Å². The molecule has 1 saturated carbocycles. The first-order valence-corrected chi connectivity index (χ1v) is 9.96. The van der Waals surface area contributed by atoms with Gasteiger partial charge < -0.3 is 14.5 Å². The molecular weight excluding hydrogens is 332 g/mol. The average Bonchev–Trinajstić information content (AvgIpc) is 3.02. The van der Waals surface area contributed by atoms with Gasteiger partial charge >= 0.3 is 0 Å². The molecule has 1 aliphatic carbocycles. The Labute approximate surface area is 155 Å². The number of hydrogen-bond acceptors (Lipinski definition) is 6. The minimum atomic E-state index is -1.31. The van der Waals surface area contributed by atoms with Crippen LogP contribution < -0.4 is 0 Å². The Morgan fingerprint density at radius 1 is 1.31 bits per heavy atom. The first-order valence-electron chi connectivity index (χ1n) is 9.96. The second-order valence-electron chi connectivity index (χ2n) is 8.13. The largest absolute Gasteiger partial charge is 0.379 e. The number of likely N-dealkylation sites (N-methyl/N-ethyl adjacent to an activating group) is 1. The highest BCUT2D eigenvalue weighted by atomic mass is 16.5. The number of piperidine rings is 1. The van der Waals surface area contributed by atoms with Gasteiger partial charge in [0, 0.05) is 19.6 Å². The molecular formula is C19H32N4O3. The molecule has 7 heteroatoms. The average molecular weight is 364 g/mol. The maximum atomic E-state index is 12.9. The van der Waals surface area contributed by atoms with E-state index >= 15 is 0 Å². The van der Waals surface area contributed by atoms with Gasteiger partial charge in [-0.1, -0.05) is 37.3 Å². The van der Waals surface area contributed by atoms with Crippen LogP contribution >= 0.6 is 0 Å². The van der Waals surface area contributed by atoms with Crippen LogP contribution in [-0.2, 0) is 11.3 Å². The van der Waals surface area contributed by atoms with E-state index in [0.29, 0.717) is 24.7 Å². The molecule has 1 aromatic heterocycles. The van der Waals surface area contributed by atoms with E-state index in [2.05, 4.69) is 10.1 Å².